The summed E-state index contributed by atoms with van der Waals surface area (Å²) in [7, 11) is 11.2. The first-order valence-electron chi connectivity index (χ1n) is 30.1. The van der Waals surface area contributed by atoms with Gasteiger partial charge in [0.2, 0.25) is 38.2 Å². The smallest absolute Gasteiger partial charge is 0.396 e. The van der Waals surface area contributed by atoms with Crippen LogP contribution in [0.15, 0.2) is 145 Å². The van der Waals surface area contributed by atoms with E-state index in [2.05, 4.69) is 93.8 Å². The van der Waals surface area contributed by atoms with Crippen molar-refractivity contribution in [3.8, 4) is 11.5 Å². The number of hydrogen-bond acceptors (Lipinski definition) is 32. The van der Waals surface area contributed by atoms with Crippen LogP contribution in [0, 0.1) is 0 Å². The van der Waals surface area contributed by atoms with Crippen molar-refractivity contribution < 1.29 is 85.5 Å². The SMILES string of the molecule is COC(=O)c1nnc(C(=O)c2c[nH]c3ccc(OC)cc23)s1.COC(=O)c1nnc(C(=O)c2c[nH]c3ccccc23)o1.COC(=O)c1nnc(C(=O)c2c[nH]c3ccccc23)s1.COC(=O)c1nnc(C(=O)c2cn(C)c3ccc(OC)cc23)s1.COC(=O)c1nsc(C(=O)c2c[nH]c3ccccc23)n1. The van der Waals surface area contributed by atoms with Gasteiger partial charge in [-0.2, -0.15) is 4.37 Å². The molecule has 10 aromatic heterocycles. The maximum absolute atomic E-state index is 12.7. The lowest BCUT2D eigenvalue weighted by Gasteiger charge is -2.01. The molecule has 0 amide bonds. The number of ether oxygens (including phenoxy) is 7. The third-order valence-corrected chi connectivity index (χ3v) is 18.4. The fraction of sp³-hybridized carbons (Fsp3) is 0.118. The molecule has 0 fully saturated rings. The molecule has 15 rings (SSSR count). The van der Waals surface area contributed by atoms with Crippen LogP contribution < -0.4 is 9.47 Å². The van der Waals surface area contributed by atoms with Crippen molar-refractivity contribution in [2.75, 3.05) is 49.8 Å². The van der Waals surface area contributed by atoms with E-state index in [9.17, 15) is 47.9 Å². The Hall–Kier alpha value is -13.5. The van der Waals surface area contributed by atoms with E-state index in [1.54, 1.807) is 69.5 Å². The molecular weight excluding hydrogens is 1440 g/mol. The average Bonchev–Trinajstić information content (AvgIpc) is 1.64. The number of carbonyl (C=O) groups excluding carboxylic acids is 10. The molecule has 0 unspecified atom stereocenters. The second-order valence-electron chi connectivity index (χ2n) is 21.1. The number of aromatic nitrogens is 15. The van der Waals surface area contributed by atoms with Crippen molar-refractivity contribution >= 4 is 159 Å². The minimum absolute atomic E-state index is 0.0447. The van der Waals surface area contributed by atoms with E-state index in [-0.39, 0.29) is 75.8 Å². The number of aryl methyl sites for hydroxylation is 1. The standard InChI is InChI=1S/C15H13N3O4S.C14H11N3O4S.C13H9N3O4.2C13H9N3O3S/c1-18-7-10(9-6-8(21-2)4-5-11(9)18)12(19)13-16-17-14(23-13)15(20)22-3;1-20-7-3-4-10-8(5-7)9(6-15-10)11(18)12-16-17-13(22-12)14(19)21-2;1-19-13(18)12-16-15-11(20-12)10(17)8-6-14-9-5-3-2-4-7(8)9;1-19-13(18)11-15-12(20-16-11)10(17)8-6-14-9-5-3-2-4-7(8)9;1-19-13(18)12-16-15-11(20-12)10(17)8-6-14-9-5-3-2-4-7(8)9/h4-7H,1-3H3;3-6,15H,1-2H3;3*2-6,14H,1H3. The summed E-state index contributed by atoms with van der Waals surface area (Å²) >= 11 is 3.61. The largest absolute Gasteiger partial charge is 0.497 e. The second kappa shape index (κ2) is 32.4. The summed E-state index contributed by atoms with van der Waals surface area (Å²) in [6.45, 7) is 0. The third kappa shape index (κ3) is 15.7. The highest BCUT2D eigenvalue weighted by atomic mass is 32.1. The predicted molar refractivity (Wildman–Crippen MR) is 377 cm³/mol. The monoisotopic (exact) mass is 1490 g/mol. The van der Waals surface area contributed by atoms with Crippen molar-refractivity contribution in [3.05, 3.63) is 221 Å². The molecule has 0 bridgehead atoms. The number of esters is 5. The number of benzene rings is 5. The van der Waals surface area contributed by atoms with Crippen molar-refractivity contribution in [2.24, 2.45) is 7.05 Å². The summed E-state index contributed by atoms with van der Waals surface area (Å²) in [5.41, 5.74) is 6.61. The number of methoxy groups -OCH3 is 7. The first-order chi connectivity index (χ1) is 50.8. The Morgan fingerprint density at radius 2 is 0.743 bits per heavy atom. The maximum atomic E-state index is 12.7. The third-order valence-electron chi connectivity index (χ3n) is 15.0. The summed E-state index contributed by atoms with van der Waals surface area (Å²) in [4.78, 5) is 135. The zero-order valence-corrected chi connectivity index (χ0v) is 58.9. The van der Waals surface area contributed by atoms with Gasteiger partial charge in [-0.1, -0.05) is 88.6 Å². The molecule has 0 radical (unpaired) electrons. The van der Waals surface area contributed by atoms with Crippen LogP contribution in [-0.2, 0) is 30.7 Å². The van der Waals surface area contributed by atoms with Crippen molar-refractivity contribution in [1.82, 2.24) is 74.6 Å². The molecule has 0 aliphatic carbocycles. The molecule has 0 spiro atoms. The van der Waals surface area contributed by atoms with Gasteiger partial charge >= 0.3 is 35.7 Å². The molecule has 37 heteroatoms. The maximum Gasteiger partial charge on any atom is 0.396 e. The second-order valence-corrected chi connectivity index (χ2v) is 24.8. The Bertz CT molecular complexity index is 5500. The van der Waals surface area contributed by atoms with E-state index < -0.39 is 35.6 Å². The van der Waals surface area contributed by atoms with E-state index >= 15 is 0 Å². The Morgan fingerprint density at radius 1 is 0.371 bits per heavy atom. The Kier molecular flexibility index (Phi) is 22.5. The van der Waals surface area contributed by atoms with Crippen molar-refractivity contribution in [1.29, 1.82) is 0 Å². The van der Waals surface area contributed by atoms with E-state index in [0.717, 1.165) is 100 Å². The minimum atomic E-state index is -0.782. The van der Waals surface area contributed by atoms with Crippen LogP contribution in [0.3, 0.4) is 0 Å². The average molecular weight is 1490 g/mol. The van der Waals surface area contributed by atoms with E-state index in [1.165, 1.54) is 35.5 Å². The first kappa shape index (κ1) is 72.7. The van der Waals surface area contributed by atoms with Crippen molar-refractivity contribution in [3.63, 3.8) is 0 Å². The van der Waals surface area contributed by atoms with E-state index in [0.29, 0.717) is 39.3 Å². The van der Waals surface area contributed by atoms with Crippen LogP contribution in [-0.4, -0.2) is 183 Å². The molecule has 15 aromatic rings. The number of nitrogens with zero attached hydrogens (tertiary/aromatic N) is 11. The van der Waals surface area contributed by atoms with Gasteiger partial charge in [-0.25, -0.2) is 29.0 Å². The van der Waals surface area contributed by atoms with Gasteiger partial charge < -0.3 is 62.1 Å². The lowest BCUT2D eigenvalue weighted by atomic mass is 10.1. The van der Waals surface area contributed by atoms with Gasteiger partial charge in [0.15, 0.2) is 20.0 Å². The van der Waals surface area contributed by atoms with E-state index in [4.69, 9.17) is 13.9 Å². The summed E-state index contributed by atoms with van der Waals surface area (Å²) in [6.07, 6.45) is 8.16. The number of carbonyl (C=O) groups is 10. The lowest BCUT2D eigenvalue weighted by molar-refractivity contribution is 0.0550. The van der Waals surface area contributed by atoms with Crippen molar-refractivity contribution in [2.45, 2.75) is 0 Å². The normalized spacial score (nSPS) is 10.7. The minimum Gasteiger partial charge on any atom is -0.497 e. The first-order valence-corrected chi connectivity index (χ1v) is 33.3. The highest BCUT2D eigenvalue weighted by Gasteiger charge is 2.28. The van der Waals surface area contributed by atoms with Crippen LogP contribution in [0.5, 0.6) is 11.5 Å². The van der Waals surface area contributed by atoms with Gasteiger partial charge in [0.05, 0.1) is 77.6 Å². The molecule has 0 saturated heterocycles. The van der Waals surface area contributed by atoms with Crippen LogP contribution >= 0.6 is 45.5 Å². The topological polar surface area (TPSA) is 445 Å². The van der Waals surface area contributed by atoms with Crippen LogP contribution in [0.25, 0.3) is 54.5 Å². The zero-order chi connectivity index (χ0) is 74.6. The van der Waals surface area contributed by atoms with E-state index in [1.807, 2.05) is 96.5 Å². The number of rotatable bonds is 17. The van der Waals surface area contributed by atoms with Gasteiger partial charge in [-0.15, -0.1) is 40.8 Å². The molecule has 0 aliphatic heterocycles. The molecule has 5 aromatic carbocycles. The predicted octanol–water partition coefficient (Wildman–Crippen LogP) is 9.74. The summed E-state index contributed by atoms with van der Waals surface area (Å²) in [6, 6.07) is 33.2. The van der Waals surface area contributed by atoms with Gasteiger partial charge in [0.1, 0.15) is 11.5 Å². The molecule has 530 valence electrons. The molecule has 0 aliphatic rings. The van der Waals surface area contributed by atoms with Gasteiger partial charge in [-0.3, -0.25) is 24.0 Å². The number of aromatic amines is 4. The van der Waals surface area contributed by atoms with Gasteiger partial charge in [0.25, 0.3) is 17.5 Å². The lowest BCUT2D eigenvalue weighted by Crippen LogP contribution is -2.05. The number of para-hydroxylation sites is 3. The van der Waals surface area contributed by atoms with Crippen LogP contribution in [0.4, 0.5) is 0 Å². The highest BCUT2D eigenvalue weighted by Crippen LogP contribution is 2.31. The Labute approximate surface area is 604 Å². The van der Waals surface area contributed by atoms with Gasteiger partial charge in [-0.05, 0) is 66.1 Å². The zero-order valence-electron chi connectivity index (χ0n) is 55.7. The number of nitrogens with one attached hydrogen (secondary N) is 4. The molecule has 4 N–H and O–H groups in total. The highest BCUT2D eigenvalue weighted by molar-refractivity contribution is 7.16. The molecule has 105 heavy (non-hydrogen) atoms. The molecule has 0 saturated carbocycles. The summed E-state index contributed by atoms with van der Waals surface area (Å²) in [5.74, 6) is -4.25. The fourth-order valence-corrected chi connectivity index (χ4v) is 12.6. The van der Waals surface area contributed by atoms with Gasteiger partial charge in [0, 0.05) is 92.5 Å². The number of H-pyrrole nitrogens is 4. The Morgan fingerprint density at radius 3 is 1.19 bits per heavy atom. The fourth-order valence-electron chi connectivity index (χ4n) is 9.88. The molecule has 0 atom stereocenters. The molecule has 10 heterocycles. The number of hydrogen-bond donors (Lipinski definition) is 4. The Balaban J connectivity index is 0.000000131. The summed E-state index contributed by atoms with van der Waals surface area (Å²) in [5, 5.41) is 34.0. The summed E-state index contributed by atoms with van der Waals surface area (Å²) < 4.78 is 43.7. The molecule has 33 nitrogen and oxygen atoms in total. The number of fused-ring (bicyclic) bond motifs is 5. The van der Waals surface area contributed by atoms with Crippen LogP contribution in [0.2, 0.25) is 0 Å². The quantitative estimate of drug-likeness (QED) is 0.0374. The number of ketones is 5. The molecular formula is C68H51N15O18S4. The van der Waals surface area contributed by atoms with Crippen LogP contribution in [0.1, 0.15) is 128 Å².